The van der Waals surface area contributed by atoms with Crippen LogP contribution in [0, 0.1) is 0 Å². The minimum absolute atomic E-state index is 0.112. The summed E-state index contributed by atoms with van der Waals surface area (Å²) in [4.78, 5) is 24.5. The molecule has 0 saturated heterocycles. The van der Waals surface area contributed by atoms with E-state index in [-0.39, 0.29) is 17.2 Å². The number of ether oxygens (including phenoxy) is 1. The Balaban J connectivity index is 1.78. The molecule has 3 rings (SSSR count). The van der Waals surface area contributed by atoms with Crippen LogP contribution in [-0.2, 0) is 0 Å². The molecule has 5 heteroatoms. The van der Waals surface area contributed by atoms with Gasteiger partial charge in [-0.3, -0.25) is 4.79 Å². The average molecular weight is 351 g/mol. The number of amides is 1. The van der Waals surface area contributed by atoms with E-state index >= 15 is 0 Å². The van der Waals surface area contributed by atoms with Crippen LogP contribution in [-0.4, -0.2) is 11.5 Å². The number of hydrogen-bond acceptors (Lipinski definition) is 4. The van der Waals surface area contributed by atoms with Crippen LogP contribution in [0.5, 0.6) is 5.75 Å². The average Bonchev–Trinajstić information content (AvgIpc) is 2.62. The molecule has 1 heterocycles. The van der Waals surface area contributed by atoms with Crippen molar-refractivity contribution in [1.82, 2.24) is 0 Å². The third kappa shape index (κ3) is 3.94. The van der Waals surface area contributed by atoms with Gasteiger partial charge in [0, 0.05) is 10.9 Å². The molecular weight excluding hydrogens is 330 g/mol. The molecule has 0 bridgehead atoms. The minimum Gasteiger partial charge on any atom is -0.488 e. The fourth-order valence-electron chi connectivity index (χ4n) is 2.41. The molecule has 0 spiro atoms. The molecule has 134 valence electrons. The van der Waals surface area contributed by atoms with E-state index in [1.54, 1.807) is 42.5 Å². The number of para-hydroxylation sites is 1. The Kier molecular flexibility index (Phi) is 4.80. The molecule has 1 amide bonds. The highest BCUT2D eigenvalue weighted by Crippen LogP contribution is 2.22. The molecule has 1 aromatic heterocycles. The van der Waals surface area contributed by atoms with Crippen molar-refractivity contribution in [3.05, 3.63) is 70.6 Å². The van der Waals surface area contributed by atoms with E-state index in [9.17, 15) is 9.59 Å². The second kappa shape index (κ2) is 7.04. The third-order valence-electron chi connectivity index (χ3n) is 4.25. The Morgan fingerprint density at radius 2 is 1.81 bits per heavy atom. The van der Waals surface area contributed by atoms with Crippen molar-refractivity contribution in [3.63, 3.8) is 0 Å². The predicted molar refractivity (Wildman–Crippen MR) is 102 cm³/mol. The van der Waals surface area contributed by atoms with Crippen molar-refractivity contribution in [2.75, 3.05) is 5.32 Å². The maximum atomic E-state index is 12.4. The van der Waals surface area contributed by atoms with Gasteiger partial charge in [0.15, 0.2) is 0 Å². The summed E-state index contributed by atoms with van der Waals surface area (Å²) in [5.74, 6) is 0.313. The first kappa shape index (κ1) is 17.7. The zero-order chi connectivity index (χ0) is 18.7. The molecule has 0 aliphatic rings. The van der Waals surface area contributed by atoms with Crippen LogP contribution >= 0.6 is 0 Å². The molecule has 0 fully saturated rings. The zero-order valence-electron chi connectivity index (χ0n) is 15.0. The second-order valence-corrected chi connectivity index (χ2v) is 6.68. The van der Waals surface area contributed by atoms with E-state index in [0.717, 1.165) is 11.8 Å². The van der Waals surface area contributed by atoms with E-state index in [2.05, 4.69) is 12.2 Å². The number of rotatable bonds is 5. The van der Waals surface area contributed by atoms with E-state index < -0.39 is 5.63 Å². The van der Waals surface area contributed by atoms with Crippen LogP contribution in [0.25, 0.3) is 11.0 Å². The van der Waals surface area contributed by atoms with Gasteiger partial charge in [0.05, 0.1) is 0 Å². The lowest BCUT2D eigenvalue weighted by atomic mass is 10.1. The van der Waals surface area contributed by atoms with Gasteiger partial charge in [-0.1, -0.05) is 25.1 Å². The van der Waals surface area contributed by atoms with Crippen LogP contribution in [0.2, 0.25) is 0 Å². The topological polar surface area (TPSA) is 68.5 Å². The lowest BCUT2D eigenvalue weighted by Crippen LogP contribution is -2.26. The normalized spacial score (nSPS) is 11.3. The summed E-state index contributed by atoms with van der Waals surface area (Å²) in [7, 11) is 0. The van der Waals surface area contributed by atoms with E-state index in [1.165, 1.54) is 0 Å². The molecule has 26 heavy (non-hydrogen) atoms. The lowest BCUT2D eigenvalue weighted by Gasteiger charge is -2.24. The predicted octanol–water partition coefficient (Wildman–Crippen LogP) is 4.61. The van der Waals surface area contributed by atoms with Gasteiger partial charge in [-0.15, -0.1) is 0 Å². The summed E-state index contributed by atoms with van der Waals surface area (Å²) < 4.78 is 11.1. The van der Waals surface area contributed by atoms with Crippen LogP contribution in [0.3, 0.4) is 0 Å². The molecule has 0 aliphatic heterocycles. The monoisotopic (exact) mass is 351 g/mol. The summed E-state index contributed by atoms with van der Waals surface area (Å²) in [6.45, 7) is 6.07. The summed E-state index contributed by atoms with van der Waals surface area (Å²) in [6, 6.07) is 15.6. The fraction of sp³-hybridized carbons (Fsp3) is 0.238. The summed E-state index contributed by atoms with van der Waals surface area (Å²) in [6.07, 6.45) is 0.868. The summed E-state index contributed by atoms with van der Waals surface area (Å²) in [5.41, 5.74) is 0.172. The first-order valence-electron chi connectivity index (χ1n) is 8.51. The van der Waals surface area contributed by atoms with Gasteiger partial charge < -0.3 is 14.5 Å². The maximum Gasteiger partial charge on any atom is 0.360 e. The Bertz CT molecular complexity index is 987. The minimum atomic E-state index is -0.582. The molecule has 0 atom stereocenters. The summed E-state index contributed by atoms with van der Waals surface area (Å²) in [5, 5.41) is 3.35. The number of fused-ring (bicyclic) bond motifs is 1. The van der Waals surface area contributed by atoms with E-state index in [1.807, 2.05) is 26.0 Å². The SMILES string of the molecule is CCC(C)(C)Oc1ccc(C(=O)Nc2cc3ccccc3oc2=O)cc1. The molecule has 2 aromatic carbocycles. The largest absolute Gasteiger partial charge is 0.488 e. The van der Waals surface area contributed by atoms with Gasteiger partial charge in [-0.25, -0.2) is 4.79 Å². The van der Waals surface area contributed by atoms with Crippen LogP contribution in [0.4, 0.5) is 5.69 Å². The van der Waals surface area contributed by atoms with Crippen molar-refractivity contribution in [1.29, 1.82) is 0 Å². The first-order valence-corrected chi connectivity index (χ1v) is 8.51. The molecule has 0 unspecified atom stereocenters. The zero-order valence-corrected chi connectivity index (χ0v) is 15.0. The maximum absolute atomic E-state index is 12.4. The quantitative estimate of drug-likeness (QED) is 0.682. The van der Waals surface area contributed by atoms with Gasteiger partial charge >= 0.3 is 5.63 Å². The van der Waals surface area contributed by atoms with Crippen LogP contribution in [0.15, 0.2) is 63.8 Å². The Morgan fingerprint density at radius 1 is 1.12 bits per heavy atom. The highest BCUT2D eigenvalue weighted by atomic mass is 16.5. The van der Waals surface area contributed by atoms with Crippen molar-refractivity contribution in [2.24, 2.45) is 0 Å². The highest BCUT2D eigenvalue weighted by Gasteiger charge is 2.17. The number of anilines is 1. The molecule has 0 saturated carbocycles. The number of carbonyl (C=O) groups excluding carboxylic acids is 1. The highest BCUT2D eigenvalue weighted by molar-refractivity contribution is 6.04. The number of carbonyl (C=O) groups is 1. The van der Waals surface area contributed by atoms with Crippen molar-refractivity contribution in [3.8, 4) is 5.75 Å². The van der Waals surface area contributed by atoms with Crippen molar-refractivity contribution >= 4 is 22.6 Å². The standard InChI is InChI=1S/C21H21NO4/c1-4-21(2,3)26-16-11-9-14(10-12-16)19(23)22-17-13-15-7-5-6-8-18(15)25-20(17)24/h5-13H,4H2,1-3H3,(H,22,23). The second-order valence-electron chi connectivity index (χ2n) is 6.68. The van der Waals surface area contributed by atoms with Gasteiger partial charge in [-0.05, 0) is 56.7 Å². The van der Waals surface area contributed by atoms with Gasteiger partial charge in [0.25, 0.3) is 5.91 Å². The number of nitrogens with one attached hydrogen (secondary N) is 1. The molecular formula is C21H21NO4. The Hall–Kier alpha value is -3.08. The molecule has 0 aliphatic carbocycles. The summed E-state index contributed by atoms with van der Waals surface area (Å²) >= 11 is 0. The van der Waals surface area contributed by atoms with Gasteiger partial charge in [0.1, 0.15) is 22.6 Å². The molecule has 0 radical (unpaired) electrons. The van der Waals surface area contributed by atoms with Gasteiger partial charge in [-0.2, -0.15) is 0 Å². The smallest absolute Gasteiger partial charge is 0.360 e. The fourth-order valence-corrected chi connectivity index (χ4v) is 2.41. The van der Waals surface area contributed by atoms with E-state index in [0.29, 0.717) is 16.9 Å². The van der Waals surface area contributed by atoms with E-state index in [4.69, 9.17) is 9.15 Å². The van der Waals surface area contributed by atoms with Crippen molar-refractivity contribution < 1.29 is 13.9 Å². The molecule has 3 aromatic rings. The number of hydrogen-bond donors (Lipinski definition) is 1. The molecule has 1 N–H and O–H groups in total. The molecule has 5 nitrogen and oxygen atoms in total. The van der Waals surface area contributed by atoms with Crippen LogP contribution in [0.1, 0.15) is 37.6 Å². The number of benzene rings is 2. The third-order valence-corrected chi connectivity index (χ3v) is 4.25. The van der Waals surface area contributed by atoms with Crippen molar-refractivity contribution in [2.45, 2.75) is 32.8 Å². The first-order chi connectivity index (χ1) is 12.4. The Labute approximate surface area is 151 Å². The van der Waals surface area contributed by atoms with Gasteiger partial charge in [0.2, 0.25) is 0 Å². The van der Waals surface area contributed by atoms with Crippen LogP contribution < -0.4 is 15.7 Å². The lowest BCUT2D eigenvalue weighted by molar-refractivity contribution is 0.102. The Morgan fingerprint density at radius 3 is 2.50 bits per heavy atom.